The first-order valence-electron chi connectivity index (χ1n) is 4.75. The van der Waals surface area contributed by atoms with Crippen molar-refractivity contribution in [1.29, 1.82) is 0 Å². The van der Waals surface area contributed by atoms with E-state index in [0.717, 1.165) is 0 Å². The summed E-state index contributed by atoms with van der Waals surface area (Å²) in [5, 5.41) is 7.89. The summed E-state index contributed by atoms with van der Waals surface area (Å²) in [5.41, 5.74) is 0.209. The van der Waals surface area contributed by atoms with E-state index in [-0.39, 0.29) is 41.1 Å². The van der Waals surface area contributed by atoms with Crippen molar-refractivity contribution in [2.75, 3.05) is 0 Å². The van der Waals surface area contributed by atoms with Crippen LogP contribution in [0.5, 0.6) is 0 Å². The summed E-state index contributed by atoms with van der Waals surface area (Å²) in [6.45, 7) is 15.2. The monoisotopic (exact) mass is 252 g/mol. The predicted molar refractivity (Wildman–Crippen MR) is 70.3 cm³/mol. The van der Waals surface area contributed by atoms with Gasteiger partial charge < -0.3 is 9.84 Å². The molecule has 0 aliphatic heterocycles. The van der Waals surface area contributed by atoms with E-state index in [1.807, 2.05) is 20.8 Å². The van der Waals surface area contributed by atoms with E-state index in [1.165, 1.54) is 6.92 Å². The molecule has 0 aliphatic carbocycles. The second-order valence-corrected chi connectivity index (χ2v) is 4.37. The van der Waals surface area contributed by atoms with E-state index < -0.39 is 11.6 Å². The van der Waals surface area contributed by atoms with E-state index in [9.17, 15) is 9.59 Å². The van der Waals surface area contributed by atoms with Gasteiger partial charge in [0.05, 0.1) is 0 Å². The molecule has 0 rings (SSSR count). The predicted octanol–water partition coefficient (Wildman–Crippen LogP) is 1.90. The zero-order valence-electron chi connectivity index (χ0n) is 10.6. The maximum atomic E-state index is 10.8. The van der Waals surface area contributed by atoms with E-state index >= 15 is 0 Å². The van der Waals surface area contributed by atoms with Crippen molar-refractivity contribution in [3.05, 3.63) is 24.3 Å². The van der Waals surface area contributed by atoms with Crippen LogP contribution in [-0.2, 0) is 14.3 Å². The van der Waals surface area contributed by atoms with Crippen molar-refractivity contribution in [3.8, 4) is 0 Å². The molecule has 0 heterocycles. The average molecular weight is 252 g/mol. The number of ether oxygens (including phenoxy) is 1. The molecule has 0 aromatic heterocycles. The summed E-state index contributed by atoms with van der Waals surface area (Å²) >= 11 is 0. The SMILES string of the molecule is C=C(C)C(=O)O.C=C(C)C(=O)OC(C)(C)C.[NaH]. The second kappa shape index (κ2) is 9.45. The van der Waals surface area contributed by atoms with E-state index in [2.05, 4.69) is 13.2 Å². The van der Waals surface area contributed by atoms with Gasteiger partial charge in [-0.2, -0.15) is 0 Å². The van der Waals surface area contributed by atoms with Crippen molar-refractivity contribution in [2.24, 2.45) is 0 Å². The van der Waals surface area contributed by atoms with Gasteiger partial charge in [0.15, 0.2) is 0 Å². The van der Waals surface area contributed by atoms with Crippen LogP contribution in [0.25, 0.3) is 0 Å². The van der Waals surface area contributed by atoms with E-state index in [1.54, 1.807) is 6.92 Å². The Labute approximate surface area is 125 Å². The van der Waals surface area contributed by atoms with Gasteiger partial charge in [-0.25, -0.2) is 9.59 Å². The number of carbonyl (C=O) groups is 2. The number of carbonyl (C=O) groups excluding carboxylic acids is 1. The van der Waals surface area contributed by atoms with Crippen molar-refractivity contribution in [2.45, 2.75) is 40.2 Å². The summed E-state index contributed by atoms with van der Waals surface area (Å²) in [4.78, 5) is 20.4. The molecule has 0 aliphatic rings. The third-order valence-corrected chi connectivity index (χ3v) is 1.11. The molecule has 4 nitrogen and oxygen atoms in total. The van der Waals surface area contributed by atoms with Crippen LogP contribution >= 0.6 is 0 Å². The minimum atomic E-state index is -0.935. The molecule has 0 radical (unpaired) electrons. The fourth-order valence-corrected chi connectivity index (χ4v) is 0.365. The Morgan fingerprint density at radius 1 is 1.06 bits per heavy atom. The molecule has 0 aromatic carbocycles. The first kappa shape index (κ1) is 21.7. The van der Waals surface area contributed by atoms with Gasteiger partial charge in [0.25, 0.3) is 0 Å². The summed E-state index contributed by atoms with van der Waals surface area (Å²) in [6.07, 6.45) is 0. The molecule has 0 amide bonds. The van der Waals surface area contributed by atoms with E-state index in [0.29, 0.717) is 5.57 Å². The van der Waals surface area contributed by atoms with Crippen molar-refractivity contribution >= 4 is 41.5 Å². The van der Waals surface area contributed by atoms with Gasteiger partial charge in [0.2, 0.25) is 0 Å². The molecule has 0 unspecified atom stereocenters. The van der Waals surface area contributed by atoms with Gasteiger partial charge in [-0.05, 0) is 34.6 Å². The van der Waals surface area contributed by atoms with Crippen molar-refractivity contribution < 1.29 is 19.4 Å². The number of carboxylic acid groups (broad SMARTS) is 1. The van der Waals surface area contributed by atoms with Crippen LogP contribution < -0.4 is 0 Å². The molecule has 17 heavy (non-hydrogen) atoms. The summed E-state index contributed by atoms with van der Waals surface area (Å²) in [7, 11) is 0. The van der Waals surface area contributed by atoms with Gasteiger partial charge in [0.1, 0.15) is 5.60 Å². The molecule has 0 aromatic rings. The third-order valence-electron chi connectivity index (χ3n) is 1.11. The molecule has 0 bridgehead atoms. The normalized spacial score (nSPS) is 9.00. The molecule has 0 atom stereocenters. The number of carboxylic acids is 1. The molecule has 94 valence electrons. The van der Waals surface area contributed by atoms with Crippen LogP contribution in [-0.4, -0.2) is 52.2 Å². The van der Waals surface area contributed by atoms with Crippen LogP contribution in [0.3, 0.4) is 0 Å². The average Bonchev–Trinajstić information content (AvgIpc) is 2.01. The van der Waals surface area contributed by atoms with E-state index in [4.69, 9.17) is 9.84 Å². The molecule has 0 fully saturated rings. The van der Waals surface area contributed by atoms with Crippen molar-refractivity contribution in [3.63, 3.8) is 0 Å². The quantitative estimate of drug-likeness (QED) is 0.463. The molecule has 5 heteroatoms. The zero-order chi connectivity index (χ0) is 13.5. The maximum absolute atomic E-state index is 10.8. The molecule has 1 N–H and O–H groups in total. The van der Waals surface area contributed by atoms with Crippen LogP contribution in [0.1, 0.15) is 34.6 Å². The Balaban J connectivity index is -0.000000244. The Morgan fingerprint density at radius 3 is 1.41 bits per heavy atom. The molecular weight excluding hydrogens is 231 g/mol. The topological polar surface area (TPSA) is 63.6 Å². The molecular formula is C12H21NaO4. The number of esters is 1. The standard InChI is InChI=1S/C8H14O2.C4H6O2.Na.H/c1-6(2)7(9)10-8(3,4)5;1-3(2)4(5)6;;/h1H2,2-5H3;1H2,2H3,(H,5,6);;. The van der Waals surface area contributed by atoms with Crippen LogP contribution in [0, 0.1) is 0 Å². The van der Waals surface area contributed by atoms with Gasteiger partial charge in [0, 0.05) is 11.1 Å². The fourth-order valence-electron chi connectivity index (χ4n) is 0.365. The first-order valence-corrected chi connectivity index (χ1v) is 4.75. The summed E-state index contributed by atoms with van der Waals surface area (Å²) in [5.74, 6) is -1.26. The Hall–Kier alpha value is -0.580. The Kier molecular flexibility index (Phi) is 12.1. The summed E-state index contributed by atoms with van der Waals surface area (Å²) in [6, 6.07) is 0. The van der Waals surface area contributed by atoms with Gasteiger partial charge >= 0.3 is 41.5 Å². The number of aliphatic carboxylic acids is 1. The Morgan fingerprint density at radius 2 is 1.35 bits per heavy atom. The van der Waals surface area contributed by atoms with Gasteiger partial charge in [-0.1, -0.05) is 13.2 Å². The Bertz CT molecular complexity index is 288. The van der Waals surface area contributed by atoms with Gasteiger partial charge in [-0.15, -0.1) is 0 Å². The number of hydrogen-bond donors (Lipinski definition) is 1. The fraction of sp³-hybridized carbons (Fsp3) is 0.500. The summed E-state index contributed by atoms with van der Waals surface area (Å²) < 4.78 is 4.96. The van der Waals surface area contributed by atoms with Crippen LogP contribution in [0.15, 0.2) is 24.3 Å². The zero-order valence-corrected chi connectivity index (χ0v) is 10.6. The van der Waals surface area contributed by atoms with Crippen LogP contribution in [0.2, 0.25) is 0 Å². The number of hydrogen-bond acceptors (Lipinski definition) is 3. The van der Waals surface area contributed by atoms with Gasteiger partial charge in [-0.3, -0.25) is 0 Å². The minimum absolute atomic E-state index is 0. The third kappa shape index (κ3) is 18.0. The van der Waals surface area contributed by atoms with Crippen molar-refractivity contribution in [1.82, 2.24) is 0 Å². The second-order valence-electron chi connectivity index (χ2n) is 4.37. The number of rotatable bonds is 2. The van der Waals surface area contributed by atoms with Crippen LogP contribution in [0.4, 0.5) is 0 Å². The molecule has 0 saturated carbocycles. The molecule has 0 spiro atoms. The molecule has 0 saturated heterocycles. The first-order chi connectivity index (χ1) is 6.97.